The molecule has 1 fully saturated rings. The molecule has 1 heterocycles. The smallest absolute Gasteiger partial charge is 0.239 e. The molecule has 1 saturated heterocycles. The number of carbonyl (C=O) groups is 1. The molecule has 0 spiro atoms. The summed E-state index contributed by atoms with van der Waals surface area (Å²) in [6, 6.07) is 10.3. The summed E-state index contributed by atoms with van der Waals surface area (Å²) in [6.45, 7) is 7.58. The van der Waals surface area contributed by atoms with Gasteiger partial charge in [-0.2, -0.15) is 0 Å². The Bertz CT molecular complexity index is 433. The number of carbonyl (C=O) groups excluding carboxylic acids is 1. The summed E-state index contributed by atoms with van der Waals surface area (Å²) in [5, 5.41) is 0. The largest absolute Gasteiger partial charge is 0.337 e. The maximum atomic E-state index is 12.1. The molecule has 0 radical (unpaired) electrons. The van der Waals surface area contributed by atoms with Gasteiger partial charge in [0.15, 0.2) is 0 Å². The second kappa shape index (κ2) is 6.86. The van der Waals surface area contributed by atoms with Crippen LogP contribution in [-0.2, 0) is 11.3 Å². The van der Waals surface area contributed by atoms with Crippen molar-refractivity contribution >= 4 is 5.91 Å². The minimum absolute atomic E-state index is 0.0686. The van der Waals surface area contributed by atoms with Crippen LogP contribution in [-0.4, -0.2) is 47.4 Å². The number of rotatable bonds is 3. The maximum absolute atomic E-state index is 12.1. The highest BCUT2D eigenvalue weighted by molar-refractivity contribution is 5.81. The lowest BCUT2D eigenvalue weighted by molar-refractivity contribution is -0.134. The van der Waals surface area contributed by atoms with E-state index in [2.05, 4.69) is 36.1 Å². The van der Waals surface area contributed by atoms with E-state index in [0.717, 1.165) is 32.6 Å². The van der Waals surface area contributed by atoms with E-state index in [1.807, 2.05) is 11.0 Å². The van der Waals surface area contributed by atoms with Crippen molar-refractivity contribution in [3.8, 4) is 0 Å². The lowest BCUT2D eigenvalue weighted by Crippen LogP contribution is -2.48. The highest BCUT2D eigenvalue weighted by atomic mass is 16.2. The third-order valence-corrected chi connectivity index (χ3v) is 3.85. The van der Waals surface area contributed by atoms with Gasteiger partial charge in [0, 0.05) is 32.2 Å². The first-order valence-electron chi connectivity index (χ1n) is 7.40. The van der Waals surface area contributed by atoms with Crippen LogP contribution in [0.1, 0.15) is 25.8 Å². The van der Waals surface area contributed by atoms with Crippen molar-refractivity contribution in [3.05, 3.63) is 35.9 Å². The Labute approximate surface area is 121 Å². The summed E-state index contributed by atoms with van der Waals surface area (Å²) in [7, 11) is 0. The zero-order valence-corrected chi connectivity index (χ0v) is 12.5. The van der Waals surface area contributed by atoms with E-state index < -0.39 is 6.04 Å². The van der Waals surface area contributed by atoms with Gasteiger partial charge in [0.05, 0.1) is 6.04 Å². The summed E-state index contributed by atoms with van der Waals surface area (Å²) in [6.07, 6.45) is 1.01. The lowest BCUT2D eigenvalue weighted by Gasteiger charge is -2.30. The Hall–Kier alpha value is -1.39. The van der Waals surface area contributed by atoms with E-state index in [1.54, 1.807) is 6.92 Å². The van der Waals surface area contributed by atoms with E-state index in [4.69, 9.17) is 5.73 Å². The van der Waals surface area contributed by atoms with Crippen LogP contribution in [0.2, 0.25) is 0 Å². The molecule has 1 aromatic carbocycles. The molecule has 0 unspecified atom stereocenters. The monoisotopic (exact) mass is 275 g/mol. The van der Waals surface area contributed by atoms with Crippen LogP contribution in [0.5, 0.6) is 0 Å². The molecule has 4 nitrogen and oxygen atoms in total. The molecule has 1 amide bonds. The Kier molecular flexibility index (Phi) is 5.15. The summed E-state index contributed by atoms with van der Waals surface area (Å²) in [5.74, 6) is 0.0686. The number of hydrogen-bond donors (Lipinski definition) is 1. The Morgan fingerprint density at radius 1 is 1.35 bits per heavy atom. The first-order valence-corrected chi connectivity index (χ1v) is 7.40. The van der Waals surface area contributed by atoms with Crippen LogP contribution in [0.25, 0.3) is 0 Å². The fourth-order valence-corrected chi connectivity index (χ4v) is 2.82. The zero-order valence-electron chi connectivity index (χ0n) is 12.5. The van der Waals surface area contributed by atoms with Gasteiger partial charge < -0.3 is 10.6 Å². The molecule has 2 N–H and O–H groups in total. The second-order valence-electron chi connectivity index (χ2n) is 5.74. The van der Waals surface area contributed by atoms with E-state index in [1.165, 1.54) is 5.56 Å². The summed E-state index contributed by atoms with van der Waals surface area (Å²) in [5.41, 5.74) is 7.06. The van der Waals surface area contributed by atoms with E-state index in [-0.39, 0.29) is 11.9 Å². The first-order chi connectivity index (χ1) is 9.58. The molecule has 0 aliphatic carbocycles. The van der Waals surface area contributed by atoms with E-state index in [0.29, 0.717) is 0 Å². The topological polar surface area (TPSA) is 49.6 Å². The molecule has 0 aromatic heterocycles. The van der Waals surface area contributed by atoms with Crippen LogP contribution in [0.15, 0.2) is 30.3 Å². The van der Waals surface area contributed by atoms with Crippen LogP contribution < -0.4 is 5.73 Å². The normalized spacial score (nSPS) is 22.4. The minimum atomic E-state index is -0.405. The van der Waals surface area contributed by atoms with E-state index >= 15 is 0 Å². The fourth-order valence-electron chi connectivity index (χ4n) is 2.82. The van der Waals surface area contributed by atoms with Crippen LogP contribution in [0, 0.1) is 0 Å². The molecule has 2 atom stereocenters. The van der Waals surface area contributed by atoms with Crippen LogP contribution in [0.4, 0.5) is 0 Å². The molecule has 4 heteroatoms. The standard InChI is InChI=1S/C16H25N3O/c1-13-11-18(12-15-7-4-3-5-8-15)9-6-10-19(13)16(20)14(2)17/h3-5,7-8,13-14H,6,9-12,17H2,1-2H3/t13-,14-/m1/s1. The van der Waals surface area contributed by atoms with Gasteiger partial charge in [-0.1, -0.05) is 30.3 Å². The highest BCUT2D eigenvalue weighted by Gasteiger charge is 2.26. The molecule has 110 valence electrons. The van der Waals surface area contributed by atoms with Crippen LogP contribution in [0.3, 0.4) is 0 Å². The molecule has 1 aliphatic heterocycles. The third-order valence-electron chi connectivity index (χ3n) is 3.85. The van der Waals surface area contributed by atoms with Crippen molar-refractivity contribution < 1.29 is 4.79 Å². The van der Waals surface area contributed by atoms with Crippen molar-refractivity contribution in [2.24, 2.45) is 5.73 Å². The quantitative estimate of drug-likeness (QED) is 0.908. The van der Waals surface area contributed by atoms with E-state index in [9.17, 15) is 4.79 Å². The summed E-state index contributed by atoms with van der Waals surface area (Å²) < 4.78 is 0. The lowest BCUT2D eigenvalue weighted by atomic mass is 10.2. The van der Waals surface area contributed by atoms with Crippen molar-refractivity contribution in [3.63, 3.8) is 0 Å². The van der Waals surface area contributed by atoms with Gasteiger partial charge in [0.1, 0.15) is 0 Å². The van der Waals surface area contributed by atoms with Crippen molar-refractivity contribution in [1.82, 2.24) is 9.80 Å². The third kappa shape index (κ3) is 3.81. The Morgan fingerprint density at radius 2 is 2.05 bits per heavy atom. The number of nitrogens with two attached hydrogens (primary N) is 1. The van der Waals surface area contributed by atoms with Crippen molar-refractivity contribution in [2.75, 3.05) is 19.6 Å². The van der Waals surface area contributed by atoms with Gasteiger partial charge in [-0.25, -0.2) is 0 Å². The van der Waals surface area contributed by atoms with Crippen molar-refractivity contribution in [2.45, 2.75) is 38.9 Å². The maximum Gasteiger partial charge on any atom is 0.239 e. The average Bonchev–Trinajstić information content (AvgIpc) is 2.60. The second-order valence-corrected chi connectivity index (χ2v) is 5.74. The van der Waals surface area contributed by atoms with Gasteiger partial charge in [-0.05, 0) is 25.8 Å². The van der Waals surface area contributed by atoms with Gasteiger partial charge in [0.2, 0.25) is 5.91 Å². The molecular formula is C16H25N3O. The van der Waals surface area contributed by atoms with Crippen LogP contribution >= 0.6 is 0 Å². The van der Waals surface area contributed by atoms with Gasteiger partial charge in [-0.15, -0.1) is 0 Å². The summed E-state index contributed by atoms with van der Waals surface area (Å²) in [4.78, 5) is 16.5. The predicted molar refractivity (Wildman–Crippen MR) is 81.2 cm³/mol. The molecule has 0 saturated carbocycles. The van der Waals surface area contributed by atoms with Gasteiger partial charge in [0.25, 0.3) is 0 Å². The van der Waals surface area contributed by atoms with Crippen molar-refractivity contribution in [1.29, 1.82) is 0 Å². The van der Waals surface area contributed by atoms with Gasteiger partial charge in [-0.3, -0.25) is 9.69 Å². The molecule has 0 bridgehead atoms. The minimum Gasteiger partial charge on any atom is -0.337 e. The summed E-state index contributed by atoms with van der Waals surface area (Å²) >= 11 is 0. The Morgan fingerprint density at radius 3 is 2.70 bits per heavy atom. The Balaban J connectivity index is 1.98. The molecular weight excluding hydrogens is 250 g/mol. The number of hydrogen-bond acceptors (Lipinski definition) is 3. The molecule has 2 rings (SSSR count). The molecule has 1 aliphatic rings. The molecule has 20 heavy (non-hydrogen) atoms. The first kappa shape index (κ1) is 15.0. The molecule has 1 aromatic rings. The number of nitrogens with zero attached hydrogens (tertiary/aromatic N) is 2. The predicted octanol–water partition coefficient (Wildman–Crippen LogP) is 1.46. The van der Waals surface area contributed by atoms with Gasteiger partial charge >= 0.3 is 0 Å². The zero-order chi connectivity index (χ0) is 14.5. The highest BCUT2D eigenvalue weighted by Crippen LogP contribution is 2.14. The number of amides is 1. The SMILES string of the molecule is C[C@@H]1CN(Cc2ccccc2)CCCN1C(=O)[C@@H](C)N. The fraction of sp³-hybridized carbons (Fsp3) is 0.562. The average molecular weight is 275 g/mol. The number of benzene rings is 1.